The first kappa shape index (κ1) is 50.7. The maximum atomic E-state index is 5.05. The summed E-state index contributed by atoms with van der Waals surface area (Å²) in [5, 5.41) is 15.1. The molecule has 0 N–H and O–H groups in total. The molecule has 14 aromatic rings. The first-order valence-electron chi connectivity index (χ1n) is 28.8. The van der Waals surface area contributed by atoms with Gasteiger partial charge in [-0.25, -0.2) is 0 Å². The highest BCUT2D eigenvalue weighted by atomic mass is 14.7. The van der Waals surface area contributed by atoms with E-state index in [4.69, 9.17) is 9.97 Å². The molecule has 0 saturated carbocycles. The minimum absolute atomic E-state index is 0.0387. The molecule has 2 nitrogen and oxygen atoms in total. The van der Waals surface area contributed by atoms with Gasteiger partial charge in [-0.3, -0.25) is 9.97 Å². The fraction of sp³-hybridized carbons (Fsp3) is 0.125. The molecule has 394 valence electrons. The molecular weight excluding hydrogens is 989 g/mol. The fourth-order valence-electron chi connectivity index (χ4n) is 13.0. The summed E-state index contributed by atoms with van der Waals surface area (Å²) in [6, 6.07) is 86.7. The SMILES string of the molecule is Cc1cc(C)cc(-c2c(-c3ccc(-c4cc(C(C)(C)C)ccn4)cc3-c3ccc4c5ccccc5c5ccccc5c4c3)cccc2-c2ccc(-c3cc(C(C)(C)C)ccn3)cc2-c2ccc3c4ccccc4c4ccccc4c3c2)c1. The largest absolute Gasteiger partial charge is 0.256 e. The average molecular weight is 1050 g/mol. The van der Waals surface area contributed by atoms with E-state index in [1.165, 1.54) is 98.0 Å². The van der Waals surface area contributed by atoms with Crippen molar-refractivity contribution in [2.24, 2.45) is 0 Å². The highest BCUT2D eigenvalue weighted by molar-refractivity contribution is 6.27. The Morgan fingerprint density at radius 3 is 0.951 bits per heavy atom. The van der Waals surface area contributed by atoms with E-state index in [0.717, 1.165) is 67.0 Å². The maximum Gasteiger partial charge on any atom is 0.0705 e. The van der Waals surface area contributed by atoms with Gasteiger partial charge >= 0.3 is 0 Å². The molecule has 0 bridgehead atoms. The zero-order chi connectivity index (χ0) is 56.0. The van der Waals surface area contributed by atoms with Gasteiger partial charge in [0.25, 0.3) is 0 Å². The Morgan fingerprint density at radius 1 is 0.244 bits per heavy atom. The number of fused-ring (bicyclic) bond motifs is 12. The molecule has 0 spiro atoms. The molecule has 0 aliphatic heterocycles. The number of hydrogen-bond acceptors (Lipinski definition) is 2. The molecule has 2 heteroatoms. The van der Waals surface area contributed by atoms with Crippen LogP contribution in [0.3, 0.4) is 0 Å². The third-order valence-electron chi connectivity index (χ3n) is 17.1. The zero-order valence-electron chi connectivity index (χ0n) is 48.0. The molecule has 0 aliphatic rings. The van der Waals surface area contributed by atoms with Gasteiger partial charge in [0.2, 0.25) is 0 Å². The number of rotatable bonds is 7. The lowest BCUT2D eigenvalue weighted by atomic mass is 9.81. The van der Waals surface area contributed by atoms with E-state index in [0.29, 0.717) is 0 Å². The zero-order valence-corrected chi connectivity index (χ0v) is 48.0. The van der Waals surface area contributed by atoms with E-state index >= 15 is 0 Å². The van der Waals surface area contributed by atoms with Gasteiger partial charge in [0.1, 0.15) is 0 Å². The van der Waals surface area contributed by atoms with Gasteiger partial charge < -0.3 is 0 Å². The molecule has 0 radical (unpaired) electrons. The summed E-state index contributed by atoms with van der Waals surface area (Å²) < 4.78 is 0. The van der Waals surface area contributed by atoms with Gasteiger partial charge in [-0.15, -0.1) is 0 Å². The van der Waals surface area contributed by atoms with E-state index in [2.05, 4.69) is 286 Å². The summed E-state index contributed by atoms with van der Waals surface area (Å²) in [5.41, 5.74) is 20.6. The van der Waals surface area contributed by atoms with Crippen LogP contribution < -0.4 is 0 Å². The second-order valence-electron chi connectivity index (χ2n) is 24.7. The normalized spacial score (nSPS) is 12.1. The molecule has 2 aromatic heterocycles. The molecule has 82 heavy (non-hydrogen) atoms. The second-order valence-corrected chi connectivity index (χ2v) is 24.7. The van der Waals surface area contributed by atoms with Crippen molar-refractivity contribution in [2.75, 3.05) is 0 Å². The summed E-state index contributed by atoms with van der Waals surface area (Å²) >= 11 is 0. The number of aryl methyl sites for hydroxylation is 2. The summed E-state index contributed by atoms with van der Waals surface area (Å²) in [7, 11) is 0. The Kier molecular flexibility index (Phi) is 12.1. The van der Waals surface area contributed by atoms with E-state index in [9.17, 15) is 0 Å². The quantitative estimate of drug-likeness (QED) is 0.149. The van der Waals surface area contributed by atoms with Gasteiger partial charge in [0.15, 0.2) is 0 Å². The molecule has 0 saturated heterocycles. The highest BCUT2D eigenvalue weighted by Gasteiger charge is 2.24. The first-order valence-corrected chi connectivity index (χ1v) is 28.8. The Bertz CT molecular complexity index is 4530. The third-order valence-corrected chi connectivity index (χ3v) is 17.1. The van der Waals surface area contributed by atoms with Crippen molar-refractivity contribution in [3.05, 3.63) is 265 Å². The van der Waals surface area contributed by atoms with Crippen LogP contribution in [0, 0.1) is 13.8 Å². The molecule has 12 aromatic carbocycles. The van der Waals surface area contributed by atoms with Crippen molar-refractivity contribution in [1.82, 2.24) is 9.97 Å². The molecule has 0 unspecified atom stereocenters. The van der Waals surface area contributed by atoms with E-state index in [1.807, 2.05) is 12.4 Å². The summed E-state index contributed by atoms with van der Waals surface area (Å²) in [6.45, 7) is 18.1. The van der Waals surface area contributed by atoms with E-state index in [-0.39, 0.29) is 10.8 Å². The standard InChI is InChI=1S/C80H64N2/c1-49-40-50(2)42-55(41-49)78-70(68-34-30-53(76-47-56(36-38-81-76)79(3,4)5)45-72(68)51-28-32-66-62-22-11-9-18-58(62)60-20-13-15-24-64(60)74(66)43-51)26-17-27-71(78)69-35-31-54(77-48-57(37-39-82-77)80(6,7)8)46-73(69)52-29-33-67-63-23-12-10-19-59(63)61-21-14-16-25-65(61)75(67)44-52/h9-48H,1-8H3. The van der Waals surface area contributed by atoms with Crippen LogP contribution in [0.4, 0.5) is 0 Å². The topological polar surface area (TPSA) is 25.8 Å². The molecule has 0 aliphatic carbocycles. The van der Waals surface area contributed by atoms with Crippen LogP contribution in [0.2, 0.25) is 0 Å². The maximum absolute atomic E-state index is 5.05. The van der Waals surface area contributed by atoms with Gasteiger partial charge in [0.05, 0.1) is 11.4 Å². The number of aromatic nitrogens is 2. The first-order chi connectivity index (χ1) is 39.7. The van der Waals surface area contributed by atoms with Crippen molar-refractivity contribution in [3.63, 3.8) is 0 Å². The van der Waals surface area contributed by atoms with Crippen LogP contribution in [0.5, 0.6) is 0 Å². The Labute approximate surface area is 481 Å². The average Bonchev–Trinajstić information content (AvgIpc) is 1.82. The minimum atomic E-state index is -0.0387. The summed E-state index contributed by atoms with van der Waals surface area (Å²) in [5.74, 6) is 0. The number of nitrogens with zero attached hydrogens (tertiary/aromatic N) is 2. The van der Waals surface area contributed by atoms with Crippen molar-refractivity contribution in [3.8, 4) is 78.1 Å². The van der Waals surface area contributed by atoms with Crippen LogP contribution in [-0.2, 0) is 10.8 Å². The number of hydrogen-bond donors (Lipinski definition) is 0. The lowest BCUT2D eigenvalue weighted by molar-refractivity contribution is 0.589. The van der Waals surface area contributed by atoms with Crippen LogP contribution in [0.25, 0.3) is 143 Å². The third kappa shape index (κ3) is 8.82. The van der Waals surface area contributed by atoms with Crippen molar-refractivity contribution in [1.29, 1.82) is 0 Å². The lowest BCUT2D eigenvalue weighted by Crippen LogP contribution is -2.11. The minimum Gasteiger partial charge on any atom is -0.256 e. The highest BCUT2D eigenvalue weighted by Crippen LogP contribution is 2.49. The van der Waals surface area contributed by atoms with E-state index < -0.39 is 0 Å². The predicted octanol–water partition coefficient (Wildman–Crippen LogP) is 22.3. The van der Waals surface area contributed by atoms with Crippen LogP contribution >= 0.6 is 0 Å². The van der Waals surface area contributed by atoms with Crippen LogP contribution in [0.15, 0.2) is 243 Å². The second kappa shape index (κ2) is 19.6. The Hall–Kier alpha value is -9.50. The lowest BCUT2D eigenvalue weighted by Gasteiger charge is -2.23. The molecule has 2 heterocycles. The number of benzene rings is 12. The Balaban J connectivity index is 1.06. The van der Waals surface area contributed by atoms with E-state index in [1.54, 1.807) is 0 Å². The summed E-state index contributed by atoms with van der Waals surface area (Å²) in [4.78, 5) is 10.1. The van der Waals surface area contributed by atoms with Crippen LogP contribution in [-0.4, -0.2) is 9.97 Å². The smallest absolute Gasteiger partial charge is 0.0705 e. The van der Waals surface area contributed by atoms with Crippen molar-refractivity contribution in [2.45, 2.75) is 66.2 Å². The van der Waals surface area contributed by atoms with Gasteiger partial charge in [-0.1, -0.05) is 235 Å². The molecule has 0 amide bonds. The molecule has 0 fully saturated rings. The van der Waals surface area contributed by atoms with Gasteiger partial charge in [-0.05, 0) is 205 Å². The summed E-state index contributed by atoms with van der Waals surface area (Å²) in [6.07, 6.45) is 3.94. The van der Waals surface area contributed by atoms with Crippen molar-refractivity contribution >= 4 is 64.6 Å². The monoisotopic (exact) mass is 1050 g/mol. The fourth-order valence-corrected chi connectivity index (χ4v) is 13.0. The molecular formula is C80H64N2. The predicted molar refractivity (Wildman–Crippen MR) is 352 cm³/mol. The molecule has 14 rings (SSSR count). The van der Waals surface area contributed by atoms with Crippen molar-refractivity contribution < 1.29 is 0 Å². The van der Waals surface area contributed by atoms with Crippen LogP contribution in [0.1, 0.15) is 63.8 Å². The number of pyridine rings is 2. The molecule has 0 atom stereocenters. The van der Waals surface area contributed by atoms with Gasteiger partial charge in [-0.2, -0.15) is 0 Å². The Morgan fingerprint density at radius 2 is 0.585 bits per heavy atom. The van der Waals surface area contributed by atoms with Gasteiger partial charge in [0, 0.05) is 23.5 Å².